The molecule has 3 heteroatoms. The molecule has 1 aliphatic rings. The van der Waals surface area contributed by atoms with Crippen molar-refractivity contribution in [2.45, 2.75) is 12.4 Å². The molecule has 0 aromatic heterocycles. The van der Waals surface area contributed by atoms with Gasteiger partial charge in [0.2, 0.25) is 0 Å². The number of rotatable bonds is 2. The molecule has 2 rings (SSSR count). The number of hydrogen-bond donors (Lipinski definition) is 0. The minimum absolute atomic E-state index is 0.171. The second-order valence-corrected chi connectivity index (χ2v) is 4.28. The Morgan fingerprint density at radius 2 is 2.00 bits per heavy atom. The van der Waals surface area contributed by atoms with E-state index in [1.54, 1.807) is 11.8 Å². The van der Waals surface area contributed by atoms with E-state index in [4.69, 9.17) is 4.84 Å². The van der Waals surface area contributed by atoms with Gasteiger partial charge in [-0.05, 0) is 11.8 Å². The lowest BCUT2D eigenvalue weighted by atomic mass is 10.00. The zero-order valence-corrected chi connectivity index (χ0v) is 9.12. The maximum Gasteiger partial charge on any atom is 0.180 e. The number of hydrogen-bond acceptors (Lipinski definition) is 3. The highest BCUT2D eigenvalue weighted by Crippen LogP contribution is 2.28. The van der Waals surface area contributed by atoms with Gasteiger partial charge in [0.15, 0.2) is 5.44 Å². The molecule has 1 aromatic carbocycles. The zero-order chi connectivity index (χ0) is 9.97. The quantitative estimate of drug-likeness (QED) is 0.743. The predicted molar refractivity (Wildman–Crippen MR) is 60.5 cm³/mol. The van der Waals surface area contributed by atoms with Gasteiger partial charge in [0.05, 0.1) is 11.6 Å². The van der Waals surface area contributed by atoms with Gasteiger partial charge in [0.25, 0.3) is 0 Å². The first-order chi connectivity index (χ1) is 6.83. The lowest BCUT2D eigenvalue weighted by Crippen LogP contribution is -2.17. The summed E-state index contributed by atoms with van der Waals surface area (Å²) in [6.45, 7) is 2.15. The maximum absolute atomic E-state index is 5.33. The first-order valence-corrected chi connectivity index (χ1v) is 5.93. The predicted octanol–water partition coefficient (Wildman–Crippen LogP) is 2.75. The topological polar surface area (TPSA) is 21.6 Å². The van der Waals surface area contributed by atoms with Crippen molar-refractivity contribution >= 4 is 17.5 Å². The van der Waals surface area contributed by atoms with Gasteiger partial charge < -0.3 is 4.84 Å². The molecule has 2 atom stereocenters. The van der Waals surface area contributed by atoms with Crippen LogP contribution in [-0.4, -0.2) is 17.4 Å². The van der Waals surface area contributed by atoms with Crippen LogP contribution in [0.15, 0.2) is 35.5 Å². The lowest BCUT2D eigenvalue weighted by Gasteiger charge is -2.11. The molecule has 0 saturated heterocycles. The average Bonchev–Trinajstić information content (AvgIpc) is 2.61. The molecule has 0 spiro atoms. The molecular weight excluding hydrogens is 194 g/mol. The molecule has 0 unspecified atom stereocenters. The van der Waals surface area contributed by atoms with Crippen molar-refractivity contribution in [3.05, 3.63) is 35.9 Å². The van der Waals surface area contributed by atoms with Gasteiger partial charge >= 0.3 is 0 Å². The molecule has 1 aliphatic heterocycles. The summed E-state index contributed by atoms with van der Waals surface area (Å²) in [7, 11) is 0. The fourth-order valence-corrected chi connectivity index (χ4v) is 2.25. The van der Waals surface area contributed by atoms with Crippen LogP contribution in [0.25, 0.3) is 0 Å². The van der Waals surface area contributed by atoms with Crippen LogP contribution in [0.4, 0.5) is 0 Å². The Morgan fingerprint density at radius 3 is 2.57 bits per heavy atom. The van der Waals surface area contributed by atoms with Gasteiger partial charge in [-0.2, -0.15) is 0 Å². The van der Waals surface area contributed by atoms with E-state index >= 15 is 0 Å². The molecule has 2 nitrogen and oxygen atoms in total. The van der Waals surface area contributed by atoms with E-state index < -0.39 is 0 Å². The van der Waals surface area contributed by atoms with Crippen LogP contribution >= 0.6 is 11.8 Å². The van der Waals surface area contributed by atoms with Crippen molar-refractivity contribution < 1.29 is 4.84 Å². The van der Waals surface area contributed by atoms with Gasteiger partial charge in [-0.15, -0.1) is 11.8 Å². The number of benzene rings is 1. The van der Waals surface area contributed by atoms with E-state index in [1.807, 2.05) is 24.5 Å². The Labute approximate surface area is 88.3 Å². The third-order valence-electron chi connectivity index (χ3n) is 2.40. The molecule has 0 aliphatic carbocycles. The first kappa shape index (κ1) is 9.59. The van der Waals surface area contributed by atoms with E-state index in [1.165, 1.54) is 0 Å². The molecule has 0 bridgehead atoms. The van der Waals surface area contributed by atoms with Gasteiger partial charge in [-0.3, -0.25) is 0 Å². The largest absolute Gasteiger partial charge is 0.381 e. The molecule has 0 radical (unpaired) electrons. The van der Waals surface area contributed by atoms with E-state index in [-0.39, 0.29) is 5.44 Å². The average molecular weight is 207 g/mol. The van der Waals surface area contributed by atoms with Crippen molar-refractivity contribution in [3.8, 4) is 0 Å². The Balaban J connectivity index is 2.22. The molecule has 0 fully saturated rings. The van der Waals surface area contributed by atoms with Gasteiger partial charge in [0, 0.05) is 0 Å². The normalized spacial score (nSPS) is 25.7. The van der Waals surface area contributed by atoms with Crippen LogP contribution in [0.5, 0.6) is 0 Å². The Hall–Kier alpha value is -0.960. The van der Waals surface area contributed by atoms with E-state index in [0.29, 0.717) is 5.92 Å². The Kier molecular flexibility index (Phi) is 2.77. The fourth-order valence-electron chi connectivity index (χ4n) is 1.58. The molecule has 74 valence electrons. The van der Waals surface area contributed by atoms with Gasteiger partial charge in [0.1, 0.15) is 0 Å². The van der Waals surface area contributed by atoms with Crippen molar-refractivity contribution in [2.75, 3.05) is 6.26 Å². The van der Waals surface area contributed by atoms with Crippen molar-refractivity contribution in [2.24, 2.45) is 11.1 Å². The standard InChI is InChI=1S/C11H13NOS/c1-8-10(12-13-11(8)14-2)9-6-4-3-5-7-9/h3-8,11H,1-2H3/t8-,11-/m0/s1. The smallest absolute Gasteiger partial charge is 0.180 e. The zero-order valence-electron chi connectivity index (χ0n) is 8.31. The third kappa shape index (κ3) is 1.64. The van der Waals surface area contributed by atoms with Crippen LogP contribution < -0.4 is 0 Å². The second kappa shape index (κ2) is 4.05. The molecular formula is C11H13NOS. The number of oxime groups is 1. The SMILES string of the molecule is CS[C@@H]1ON=C(c2ccccc2)[C@@H]1C. The summed E-state index contributed by atoms with van der Waals surface area (Å²) in [5.41, 5.74) is 2.40. The highest BCUT2D eigenvalue weighted by atomic mass is 32.2. The monoisotopic (exact) mass is 207 g/mol. The summed E-state index contributed by atoms with van der Waals surface area (Å²) in [4.78, 5) is 5.33. The van der Waals surface area contributed by atoms with Gasteiger partial charge in [-0.25, -0.2) is 0 Å². The summed E-state index contributed by atoms with van der Waals surface area (Å²) in [5, 5.41) is 4.14. The van der Waals surface area contributed by atoms with E-state index in [9.17, 15) is 0 Å². The minimum atomic E-state index is 0.171. The fraction of sp³-hybridized carbons (Fsp3) is 0.364. The summed E-state index contributed by atoms with van der Waals surface area (Å²) in [6.07, 6.45) is 2.05. The van der Waals surface area contributed by atoms with Crippen LogP contribution in [0.1, 0.15) is 12.5 Å². The molecule has 1 aromatic rings. The van der Waals surface area contributed by atoms with Crippen LogP contribution in [0, 0.1) is 5.92 Å². The maximum atomic E-state index is 5.33. The van der Waals surface area contributed by atoms with Crippen LogP contribution in [-0.2, 0) is 4.84 Å². The van der Waals surface area contributed by atoms with Crippen LogP contribution in [0.3, 0.4) is 0 Å². The van der Waals surface area contributed by atoms with Gasteiger partial charge in [-0.1, -0.05) is 42.4 Å². The number of nitrogens with zero attached hydrogens (tertiary/aromatic N) is 1. The molecule has 0 amide bonds. The summed E-state index contributed by atoms with van der Waals surface area (Å²) in [5.74, 6) is 0.368. The highest BCUT2D eigenvalue weighted by molar-refractivity contribution is 7.99. The van der Waals surface area contributed by atoms with Crippen molar-refractivity contribution in [1.82, 2.24) is 0 Å². The van der Waals surface area contributed by atoms with Crippen LogP contribution in [0.2, 0.25) is 0 Å². The van der Waals surface area contributed by atoms with Crippen molar-refractivity contribution in [1.29, 1.82) is 0 Å². The van der Waals surface area contributed by atoms with E-state index in [2.05, 4.69) is 24.2 Å². The Bertz CT molecular complexity index is 336. The Morgan fingerprint density at radius 1 is 1.29 bits per heavy atom. The summed E-state index contributed by atoms with van der Waals surface area (Å²) in [6, 6.07) is 10.2. The first-order valence-electron chi connectivity index (χ1n) is 4.65. The molecule has 14 heavy (non-hydrogen) atoms. The van der Waals surface area contributed by atoms with E-state index in [0.717, 1.165) is 11.3 Å². The molecule has 0 saturated carbocycles. The summed E-state index contributed by atoms with van der Waals surface area (Å²) >= 11 is 1.70. The number of thioether (sulfide) groups is 1. The molecule has 1 heterocycles. The minimum Gasteiger partial charge on any atom is -0.381 e. The highest BCUT2D eigenvalue weighted by Gasteiger charge is 2.30. The molecule has 0 N–H and O–H groups in total. The van der Waals surface area contributed by atoms with Crippen molar-refractivity contribution in [3.63, 3.8) is 0 Å². The summed E-state index contributed by atoms with van der Waals surface area (Å²) < 4.78 is 0. The third-order valence-corrected chi connectivity index (χ3v) is 3.36. The second-order valence-electron chi connectivity index (χ2n) is 3.34. The lowest BCUT2D eigenvalue weighted by molar-refractivity contribution is 0.131.